The van der Waals surface area contributed by atoms with Crippen molar-refractivity contribution in [1.82, 2.24) is 9.88 Å². The van der Waals surface area contributed by atoms with Gasteiger partial charge in [0.25, 0.3) is 0 Å². The smallest absolute Gasteiger partial charge is 0.223 e. The number of hydrogen-bond acceptors (Lipinski definition) is 7. The zero-order valence-corrected chi connectivity index (χ0v) is 18.9. The molecule has 1 aliphatic rings. The topological polar surface area (TPSA) is 113 Å². The summed E-state index contributed by atoms with van der Waals surface area (Å²) in [6.07, 6.45) is 3.23. The molecule has 0 radical (unpaired) electrons. The first-order chi connectivity index (χ1) is 17.0. The minimum atomic E-state index is -0.648. The maximum atomic E-state index is 13.3. The number of nitrogens with zero attached hydrogens (tertiary/aromatic N) is 2. The Morgan fingerprint density at radius 3 is 2.43 bits per heavy atom. The molecule has 1 fully saturated rings. The molecule has 0 aliphatic carbocycles. The van der Waals surface area contributed by atoms with Crippen molar-refractivity contribution in [3.63, 3.8) is 0 Å². The summed E-state index contributed by atoms with van der Waals surface area (Å²) < 4.78 is 11.5. The van der Waals surface area contributed by atoms with Crippen molar-refractivity contribution in [2.24, 2.45) is 0 Å². The molecule has 0 saturated carbocycles. The second-order valence-electron chi connectivity index (χ2n) is 8.40. The highest BCUT2D eigenvalue weighted by Gasteiger charge is 2.30. The summed E-state index contributed by atoms with van der Waals surface area (Å²) in [4.78, 5) is 32.1. The molecule has 2 N–H and O–H groups in total. The van der Waals surface area contributed by atoms with Crippen molar-refractivity contribution in [2.45, 2.75) is 12.3 Å². The van der Waals surface area contributed by atoms with Gasteiger partial charge in [0.2, 0.25) is 5.91 Å². The molecule has 2 aromatic carbocycles. The second-order valence-corrected chi connectivity index (χ2v) is 8.40. The number of phenols is 2. The fourth-order valence-electron chi connectivity index (χ4n) is 4.50. The lowest BCUT2D eigenvalue weighted by atomic mass is 9.86. The first-order valence-electron chi connectivity index (χ1n) is 11.4. The molecule has 0 bridgehead atoms. The van der Waals surface area contributed by atoms with Crippen molar-refractivity contribution in [2.75, 3.05) is 26.3 Å². The Morgan fingerprint density at radius 2 is 1.71 bits per heavy atom. The maximum absolute atomic E-state index is 13.3. The standard InChI is InChI=1S/C27H24N2O6/c30-20-15-21(31)26-22(32)16-23(18-4-2-1-3-5-18)35-27(26)25(20)19(17-6-8-28-9-7-17)14-24(33)29-10-12-34-13-11-29/h1-9,15-16,19,30-31H,10-14H2. The van der Waals surface area contributed by atoms with E-state index in [1.54, 1.807) is 41.6 Å². The van der Waals surface area contributed by atoms with Crippen LogP contribution in [0.3, 0.4) is 0 Å². The Morgan fingerprint density at radius 1 is 1.00 bits per heavy atom. The number of aromatic hydroxyl groups is 2. The molecule has 1 atom stereocenters. The van der Waals surface area contributed by atoms with Gasteiger partial charge < -0.3 is 24.3 Å². The highest BCUT2D eigenvalue weighted by Crippen LogP contribution is 2.43. The molecular weight excluding hydrogens is 448 g/mol. The summed E-state index contributed by atoms with van der Waals surface area (Å²) >= 11 is 0. The Balaban J connectivity index is 1.71. The summed E-state index contributed by atoms with van der Waals surface area (Å²) in [5.41, 5.74) is 1.25. The maximum Gasteiger partial charge on any atom is 0.223 e. The molecule has 1 saturated heterocycles. The highest BCUT2D eigenvalue weighted by molar-refractivity contribution is 5.91. The van der Waals surface area contributed by atoms with Crippen LogP contribution < -0.4 is 5.43 Å². The number of rotatable bonds is 5. The first kappa shape index (κ1) is 22.6. The zero-order chi connectivity index (χ0) is 24.4. The fourth-order valence-corrected chi connectivity index (χ4v) is 4.50. The quantitative estimate of drug-likeness (QED) is 0.456. The van der Waals surface area contributed by atoms with E-state index in [4.69, 9.17) is 9.15 Å². The number of aromatic nitrogens is 1. The van der Waals surface area contributed by atoms with E-state index in [2.05, 4.69) is 4.98 Å². The first-order valence-corrected chi connectivity index (χ1v) is 11.4. The van der Waals surface area contributed by atoms with Crippen molar-refractivity contribution >= 4 is 16.9 Å². The van der Waals surface area contributed by atoms with Gasteiger partial charge in [0, 0.05) is 61.1 Å². The molecule has 178 valence electrons. The van der Waals surface area contributed by atoms with Gasteiger partial charge in [0.1, 0.15) is 28.2 Å². The summed E-state index contributed by atoms with van der Waals surface area (Å²) in [5.74, 6) is -1.12. The van der Waals surface area contributed by atoms with E-state index >= 15 is 0 Å². The molecular formula is C27H24N2O6. The number of fused-ring (bicyclic) bond motifs is 1. The van der Waals surface area contributed by atoms with Crippen molar-refractivity contribution in [1.29, 1.82) is 0 Å². The predicted molar refractivity (Wildman–Crippen MR) is 129 cm³/mol. The number of morpholine rings is 1. The monoisotopic (exact) mass is 472 g/mol. The van der Waals surface area contributed by atoms with E-state index in [1.165, 1.54) is 6.07 Å². The van der Waals surface area contributed by atoms with E-state index in [0.29, 0.717) is 37.6 Å². The number of phenolic OH excluding ortho intramolecular Hbond substituents is 2. The van der Waals surface area contributed by atoms with Crippen LogP contribution in [0.1, 0.15) is 23.5 Å². The van der Waals surface area contributed by atoms with Gasteiger partial charge in [-0.2, -0.15) is 0 Å². The van der Waals surface area contributed by atoms with Gasteiger partial charge in [-0.25, -0.2) is 0 Å². The van der Waals surface area contributed by atoms with Crippen molar-refractivity contribution < 1.29 is 24.2 Å². The van der Waals surface area contributed by atoms with Crippen LogP contribution in [0.2, 0.25) is 0 Å². The Kier molecular flexibility index (Phi) is 6.20. The van der Waals surface area contributed by atoms with Crippen molar-refractivity contribution in [3.05, 3.63) is 88.3 Å². The number of hydrogen-bond donors (Lipinski definition) is 2. The van der Waals surface area contributed by atoms with Crippen LogP contribution in [0.15, 0.2) is 76.2 Å². The molecule has 35 heavy (non-hydrogen) atoms. The van der Waals surface area contributed by atoms with Crippen LogP contribution in [0.25, 0.3) is 22.3 Å². The molecule has 1 amide bonds. The number of pyridine rings is 1. The lowest BCUT2D eigenvalue weighted by Crippen LogP contribution is -2.41. The molecule has 8 heteroatoms. The summed E-state index contributed by atoms with van der Waals surface area (Å²) in [7, 11) is 0. The number of ether oxygens (including phenoxy) is 1. The average Bonchev–Trinajstić information content (AvgIpc) is 2.89. The zero-order valence-electron chi connectivity index (χ0n) is 18.9. The molecule has 1 unspecified atom stereocenters. The molecule has 5 rings (SSSR count). The molecule has 1 aliphatic heterocycles. The van der Waals surface area contributed by atoms with Gasteiger partial charge in [-0.15, -0.1) is 0 Å². The van der Waals surface area contributed by atoms with Gasteiger partial charge in [-0.3, -0.25) is 14.6 Å². The number of amides is 1. The second kappa shape index (κ2) is 9.60. The van der Waals surface area contributed by atoms with Crippen LogP contribution in [-0.2, 0) is 9.53 Å². The normalized spacial score (nSPS) is 14.7. The largest absolute Gasteiger partial charge is 0.507 e. The third-order valence-electron chi connectivity index (χ3n) is 6.26. The van der Waals surface area contributed by atoms with Crippen LogP contribution >= 0.6 is 0 Å². The van der Waals surface area contributed by atoms with Crippen LogP contribution in [0, 0.1) is 0 Å². The lowest BCUT2D eigenvalue weighted by molar-refractivity contribution is -0.135. The highest BCUT2D eigenvalue weighted by atomic mass is 16.5. The minimum absolute atomic E-state index is 0.0245. The van der Waals surface area contributed by atoms with Crippen LogP contribution in [0.4, 0.5) is 0 Å². The van der Waals surface area contributed by atoms with Gasteiger partial charge in [0.05, 0.1) is 13.2 Å². The summed E-state index contributed by atoms with van der Waals surface area (Å²) in [5, 5.41) is 21.5. The summed E-state index contributed by atoms with van der Waals surface area (Å²) in [6, 6.07) is 15.1. The molecule has 0 spiro atoms. The lowest BCUT2D eigenvalue weighted by Gasteiger charge is -2.29. The minimum Gasteiger partial charge on any atom is -0.507 e. The van der Waals surface area contributed by atoms with Gasteiger partial charge in [-0.05, 0) is 17.7 Å². The summed E-state index contributed by atoms with van der Waals surface area (Å²) in [6.45, 7) is 1.90. The van der Waals surface area contributed by atoms with E-state index in [9.17, 15) is 19.8 Å². The van der Waals surface area contributed by atoms with Crippen LogP contribution in [0.5, 0.6) is 11.5 Å². The Bertz CT molecular complexity index is 1410. The van der Waals surface area contributed by atoms with E-state index in [1.807, 2.05) is 18.2 Å². The molecule has 4 aromatic rings. The molecule has 2 aromatic heterocycles. The van der Waals surface area contributed by atoms with Gasteiger partial charge in [-0.1, -0.05) is 30.3 Å². The van der Waals surface area contributed by atoms with E-state index in [-0.39, 0.29) is 40.4 Å². The van der Waals surface area contributed by atoms with Gasteiger partial charge in [0.15, 0.2) is 5.43 Å². The predicted octanol–water partition coefficient (Wildman–Crippen LogP) is 3.65. The van der Waals surface area contributed by atoms with Gasteiger partial charge >= 0.3 is 0 Å². The number of carbonyl (C=O) groups is 1. The third-order valence-corrected chi connectivity index (χ3v) is 6.26. The van der Waals surface area contributed by atoms with E-state index in [0.717, 1.165) is 11.6 Å². The Labute approximate surface area is 201 Å². The number of benzene rings is 2. The SMILES string of the molecule is O=C(CC(c1ccncc1)c1c(O)cc(O)c2c(=O)cc(-c3ccccc3)oc12)N1CCOCC1. The van der Waals surface area contributed by atoms with Crippen molar-refractivity contribution in [3.8, 4) is 22.8 Å². The Hall–Kier alpha value is -4.17. The average molecular weight is 472 g/mol. The fraction of sp³-hybridized carbons (Fsp3) is 0.222. The van der Waals surface area contributed by atoms with Crippen LogP contribution in [-0.4, -0.2) is 52.3 Å². The number of carbonyl (C=O) groups excluding carboxylic acids is 1. The molecule has 8 nitrogen and oxygen atoms in total. The molecule has 3 heterocycles. The van der Waals surface area contributed by atoms with E-state index < -0.39 is 11.3 Å². The third kappa shape index (κ3) is 4.48.